The van der Waals surface area contributed by atoms with Crippen LogP contribution in [0.4, 0.5) is 4.39 Å². The van der Waals surface area contributed by atoms with Crippen molar-refractivity contribution in [1.82, 2.24) is 4.90 Å². The monoisotopic (exact) mass is 309 g/mol. The van der Waals surface area contributed by atoms with E-state index in [0.717, 1.165) is 26.1 Å². The van der Waals surface area contributed by atoms with Gasteiger partial charge >= 0.3 is 0 Å². The fourth-order valence-corrected chi connectivity index (χ4v) is 2.87. The number of rotatable bonds is 5. The lowest BCUT2D eigenvalue weighted by atomic mass is 9.99. The van der Waals surface area contributed by atoms with Crippen LogP contribution in [0.1, 0.15) is 28.8 Å². The summed E-state index contributed by atoms with van der Waals surface area (Å²) in [6.07, 6.45) is 3.73. The Kier molecular flexibility index (Phi) is 4.99. The van der Waals surface area contributed by atoms with Crippen molar-refractivity contribution in [1.29, 1.82) is 0 Å². The lowest BCUT2D eigenvalue weighted by Gasteiger charge is -2.26. The molecule has 2 aromatic carbocycles. The predicted octanol–water partition coefficient (Wildman–Crippen LogP) is 4.19. The standard InChI is InChI=1S/C20H20FNO/c21-19-8-6-18(7-9-19)20(23)12-15-22-13-10-17(11-14-22)16-4-2-1-3-5-16/h1-10H,11-15H2. The molecule has 3 rings (SSSR count). The molecule has 2 aromatic rings. The number of ketones is 1. The summed E-state index contributed by atoms with van der Waals surface area (Å²) < 4.78 is 12.9. The zero-order valence-electron chi connectivity index (χ0n) is 13.0. The van der Waals surface area contributed by atoms with E-state index in [-0.39, 0.29) is 11.6 Å². The van der Waals surface area contributed by atoms with Gasteiger partial charge in [-0.1, -0.05) is 36.4 Å². The van der Waals surface area contributed by atoms with E-state index >= 15 is 0 Å². The van der Waals surface area contributed by atoms with Gasteiger partial charge < -0.3 is 0 Å². The summed E-state index contributed by atoms with van der Waals surface area (Å²) in [5, 5.41) is 0. The Morgan fingerprint density at radius 1 is 1.04 bits per heavy atom. The number of halogens is 1. The average Bonchev–Trinajstić information content (AvgIpc) is 2.61. The average molecular weight is 309 g/mol. The molecule has 1 aliphatic heterocycles. The zero-order valence-corrected chi connectivity index (χ0v) is 13.0. The first kappa shape index (κ1) is 15.6. The fourth-order valence-electron chi connectivity index (χ4n) is 2.87. The quantitative estimate of drug-likeness (QED) is 0.772. The van der Waals surface area contributed by atoms with Crippen LogP contribution < -0.4 is 0 Å². The minimum atomic E-state index is -0.309. The van der Waals surface area contributed by atoms with Crippen LogP contribution in [0.25, 0.3) is 5.57 Å². The van der Waals surface area contributed by atoms with Crippen LogP contribution in [0.2, 0.25) is 0 Å². The fraction of sp³-hybridized carbons (Fsp3) is 0.250. The Labute approximate surface area is 136 Å². The van der Waals surface area contributed by atoms with E-state index in [0.29, 0.717) is 12.0 Å². The summed E-state index contributed by atoms with van der Waals surface area (Å²) in [5.41, 5.74) is 3.25. The van der Waals surface area contributed by atoms with Crippen molar-refractivity contribution in [3.05, 3.63) is 77.6 Å². The molecule has 0 radical (unpaired) electrons. The minimum Gasteiger partial charge on any atom is -0.299 e. The molecular formula is C20H20FNO. The smallest absolute Gasteiger partial charge is 0.164 e. The van der Waals surface area contributed by atoms with Crippen molar-refractivity contribution < 1.29 is 9.18 Å². The highest BCUT2D eigenvalue weighted by molar-refractivity contribution is 5.96. The molecule has 0 aliphatic carbocycles. The zero-order chi connectivity index (χ0) is 16.1. The molecule has 2 nitrogen and oxygen atoms in total. The summed E-state index contributed by atoms with van der Waals surface area (Å²) in [4.78, 5) is 14.4. The summed E-state index contributed by atoms with van der Waals surface area (Å²) in [7, 11) is 0. The first-order valence-corrected chi connectivity index (χ1v) is 7.98. The van der Waals surface area contributed by atoms with Crippen molar-refractivity contribution in [3.63, 3.8) is 0 Å². The molecule has 0 N–H and O–H groups in total. The van der Waals surface area contributed by atoms with Gasteiger partial charge in [0.2, 0.25) is 0 Å². The SMILES string of the molecule is O=C(CCN1CC=C(c2ccccc2)CC1)c1ccc(F)cc1. The maximum absolute atomic E-state index is 12.9. The third-order valence-electron chi connectivity index (χ3n) is 4.26. The third kappa shape index (κ3) is 4.14. The van der Waals surface area contributed by atoms with Gasteiger partial charge in [0.25, 0.3) is 0 Å². The molecule has 0 saturated heterocycles. The molecule has 3 heteroatoms. The van der Waals surface area contributed by atoms with Crippen molar-refractivity contribution in [2.75, 3.05) is 19.6 Å². The van der Waals surface area contributed by atoms with E-state index in [9.17, 15) is 9.18 Å². The van der Waals surface area contributed by atoms with Gasteiger partial charge in [-0.15, -0.1) is 0 Å². The Morgan fingerprint density at radius 2 is 1.78 bits per heavy atom. The van der Waals surface area contributed by atoms with Gasteiger partial charge in [0, 0.05) is 31.6 Å². The van der Waals surface area contributed by atoms with Gasteiger partial charge in [0.05, 0.1) is 0 Å². The van der Waals surface area contributed by atoms with Gasteiger partial charge in [-0.25, -0.2) is 4.39 Å². The van der Waals surface area contributed by atoms with Crippen LogP contribution in [-0.4, -0.2) is 30.3 Å². The Balaban J connectivity index is 1.52. The Hall–Kier alpha value is -2.26. The highest BCUT2D eigenvalue weighted by Gasteiger charge is 2.14. The lowest BCUT2D eigenvalue weighted by molar-refractivity contribution is 0.0966. The van der Waals surface area contributed by atoms with Gasteiger partial charge in [-0.2, -0.15) is 0 Å². The number of Topliss-reactive ketones (excluding diaryl/α,β-unsaturated/α-hetero) is 1. The molecule has 0 spiro atoms. The second-order valence-corrected chi connectivity index (χ2v) is 5.83. The summed E-state index contributed by atoms with van der Waals surface area (Å²) in [5.74, 6) is -0.237. The summed E-state index contributed by atoms with van der Waals surface area (Å²) in [6, 6.07) is 16.2. The number of hydrogen-bond acceptors (Lipinski definition) is 2. The first-order chi connectivity index (χ1) is 11.2. The number of nitrogens with zero attached hydrogens (tertiary/aromatic N) is 1. The van der Waals surface area contributed by atoms with Crippen LogP contribution in [-0.2, 0) is 0 Å². The normalized spacial score (nSPS) is 15.3. The minimum absolute atomic E-state index is 0.0721. The van der Waals surface area contributed by atoms with E-state index < -0.39 is 0 Å². The molecule has 1 aliphatic rings. The first-order valence-electron chi connectivity index (χ1n) is 7.98. The molecule has 0 saturated carbocycles. The Bertz CT molecular complexity index is 691. The van der Waals surface area contributed by atoms with Crippen LogP contribution in [0, 0.1) is 5.82 Å². The molecular weight excluding hydrogens is 289 g/mol. The lowest BCUT2D eigenvalue weighted by Crippen LogP contribution is -2.30. The summed E-state index contributed by atoms with van der Waals surface area (Å²) >= 11 is 0. The summed E-state index contributed by atoms with van der Waals surface area (Å²) in [6.45, 7) is 2.59. The van der Waals surface area contributed by atoms with Crippen LogP contribution >= 0.6 is 0 Å². The van der Waals surface area contributed by atoms with Crippen molar-refractivity contribution in [2.45, 2.75) is 12.8 Å². The maximum atomic E-state index is 12.9. The molecule has 0 unspecified atom stereocenters. The predicted molar refractivity (Wildman–Crippen MR) is 90.8 cm³/mol. The van der Waals surface area contributed by atoms with Gasteiger partial charge in [0.15, 0.2) is 5.78 Å². The molecule has 0 fully saturated rings. The number of benzene rings is 2. The van der Waals surface area contributed by atoms with Crippen molar-refractivity contribution in [2.24, 2.45) is 0 Å². The third-order valence-corrected chi connectivity index (χ3v) is 4.26. The Morgan fingerprint density at radius 3 is 2.43 bits per heavy atom. The molecule has 1 heterocycles. The molecule has 0 bridgehead atoms. The second-order valence-electron chi connectivity index (χ2n) is 5.83. The number of hydrogen-bond donors (Lipinski definition) is 0. The van der Waals surface area contributed by atoms with E-state index in [1.807, 2.05) is 6.07 Å². The van der Waals surface area contributed by atoms with E-state index in [4.69, 9.17) is 0 Å². The molecule has 23 heavy (non-hydrogen) atoms. The maximum Gasteiger partial charge on any atom is 0.164 e. The largest absolute Gasteiger partial charge is 0.299 e. The van der Waals surface area contributed by atoms with E-state index in [1.165, 1.54) is 23.3 Å². The molecule has 0 amide bonds. The van der Waals surface area contributed by atoms with Crippen molar-refractivity contribution in [3.8, 4) is 0 Å². The number of carbonyl (C=O) groups is 1. The van der Waals surface area contributed by atoms with Crippen LogP contribution in [0.5, 0.6) is 0 Å². The highest BCUT2D eigenvalue weighted by atomic mass is 19.1. The van der Waals surface area contributed by atoms with E-state index in [2.05, 4.69) is 35.2 Å². The molecule has 0 atom stereocenters. The van der Waals surface area contributed by atoms with Crippen LogP contribution in [0.3, 0.4) is 0 Å². The number of carbonyl (C=O) groups excluding carboxylic acids is 1. The molecule has 118 valence electrons. The highest BCUT2D eigenvalue weighted by Crippen LogP contribution is 2.22. The van der Waals surface area contributed by atoms with Gasteiger partial charge in [-0.3, -0.25) is 9.69 Å². The molecule has 0 aromatic heterocycles. The van der Waals surface area contributed by atoms with Crippen LogP contribution in [0.15, 0.2) is 60.7 Å². The second kappa shape index (κ2) is 7.34. The topological polar surface area (TPSA) is 20.3 Å². The van der Waals surface area contributed by atoms with Gasteiger partial charge in [0.1, 0.15) is 5.82 Å². The van der Waals surface area contributed by atoms with Gasteiger partial charge in [-0.05, 0) is 41.8 Å². The van der Waals surface area contributed by atoms with Crippen molar-refractivity contribution >= 4 is 11.4 Å². The van der Waals surface area contributed by atoms with E-state index in [1.54, 1.807) is 12.1 Å².